The third-order valence-corrected chi connectivity index (χ3v) is 3.53. The van der Waals surface area contributed by atoms with E-state index in [0.29, 0.717) is 5.69 Å². The summed E-state index contributed by atoms with van der Waals surface area (Å²) in [4.78, 5) is 4.02. The summed E-state index contributed by atoms with van der Waals surface area (Å²) in [5.74, 6) is 0. The third kappa shape index (κ3) is 2.64. The van der Waals surface area contributed by atoms with Crippen molar-refractivity contribution in [2.75, 3.05) is 11.1 Å². The van der Waals surface area contributed by atoms with Gasteiger partial charge in [-0.25, -0.2) is 0 Å². The summed E-state index contributed by atoms with van der Waals surface area (Å²) in [7, 11) is 0. The van der Waals surface area contributed by atoms with Crippen molar-refractivity contribution >= 4 is 33.0 Å². The zero-order valence-electron chi connectivity index (χ0n) is 10.5. The van der Waals surface area contributed by atoms with Crippen LogP contribution in [-0.4, -0.2) is 4.98 Å². The van der Waals surface area contributed by atoms with E-state index in [1.54, 1.807) is 12.4 Å². The fourth-order valence-corrected chi connectivity index (χ4v) is 2.30. The van der Waals surface area contributed by atoms with E-state index in [2.05, 4.69) is 58.3 Å². The molecule has 2 aromatic rings. The van der Waals surface area contributed by atoms with E-state index in [4.69, 9.17) is 5.73 Å². The summed E-state index contributed by atoms with van der Waals surface area (Å²) in [6.07, 6.45) is 4.39. The highest BCUT2D eigenvalue weighted by atomic mass is 79.9. The number of halogens is 1. The molecule has 1 aromatic carbocycles. The Bertz CT molecular complexity index is 547. The van der Waals surface area contributed by atoms with Gasteiger partial charge in [-0.3, -0.25) is 4.98 Å². The van der Waals surface area contributed by atoms with Crippen molar-refractivity contribution < 1.29 is 0 Å². The Balaban J connectivity index is 2.34. The first-order chi connectivity index (χ1) is 8.61. The molecule has 0 spiro atoms. The van der Waals surface area contributed by atoms with Crippen LogP contribution in [0.5, 0.6) is 0 Å². The summed E-state index contributed by atoms with van der Waals surface area (Å²) in [6, 6.07) is 6.33. The first-order valence-corrected chi connectivity index (χ1v) is 6.66. The number of nitrogens with two attached hydrogens (primary N) is 1. The van der Waals surface area contributed by atoms with Crippen molar-refractivity contribution in [3.05, 3.63) is 46.2 Å². The minimum Gasteiger partial charge on any atom is -0.396 e. The Morgan fingerprint density at radius 2 is 2.11 bits per heavy atom. The van der Waals surface area contributed by atoms with Gasteiger partial charge in [0.05, 0.1) is 22.0 Å². The summed E-state index contributed by atoms with van der Waals surface area (Å²) in [5.41, 5.74) is 11.1. The molecule has 4 heteroatoms. The molecule has 0 unspecified atom stereocenters. The molecule has 1 aromatic heterocycles. The molecule has 0 saturated heterocycles. The zero-order chi connectivity index (χ0) is 13.1. The van der Waals surface area contributed by atoms with Crippen LogP contribution in [0, 0.1) is 6.92 Å². The maximum absolute atomic E-state index is 5.91. The Hall–Kier alpha value is -1.55. The number of pyridine rings is 1. The molecule has 0 amide bonds. The van der Waals surface area contributed by atoms with Gasteiger partial charge >= 0.3 is 0 Å². The number of rotatable bonds is 3. The number of hydrogen-bond acceptors (Lipinski definition) is 3. The van der Waals surface area contributed by atoms with Gasteiger partial charge in [0.15, 0.2) is 0 Å². The highest BCUT2D eigenvalue weighted by molar-refractivity contribution is 9.10. The average Bonchev–Trinajstić information content (AvgIpc) is 2.36. The van der Waals surface area contributed by atoms with Crippen LogP contribution in [0.1, 0.15) is 18.1 Å². The lowest BCUT2D eigenvalue weighted by molar-refractivity contribution is 1.11. The van der Waals surface area contributed by atoms with Crippen molar-refractivity contribution in [1.29, 1.82) is 0 Å². The monoisotopic (exact) mass is 305 g/mol. The second-order valence-electron chi connectivity index (χ2n) is 4.21. The van der Waals surface area contributed by atoms with Crippen molar-refractivity contribution in [2.24, 2.45) is 0 Å². The van der Waals surface area contributed by atoms with E-state index < -0.39 is 0 Å². The standard InChI is InChI=1S/C14H16BrN3/c1-3-10-6-11(5-4-9(10)2)18-14-12(15)7-17-8-13(14)16/h4-8H,3,16H2,1-2H3,(H,17,18). The number of aromatic nitrogens is 1. The zero-order valence-corrected chi connectivity index (χ0v) is 12.1. The molecule has 18 heavy (non-hydrogen) atoms. The number of nitrogens with zero attached hydrogens (tertiary/aromatic N) is 1. The first kappa shape index (κ1) is 12.9. The van der Waals surface area contributed by atoms with E-state index in [-0.39, 0.29) is 0 Å². The Morgan fingerprint density at radius 3 is 2.78 bits per heavy atom. The number of aryl methyl sites for hydroxylation is 2. The SMILES string of the molecule is CCc1cc(Nc2c(N)cncc2Br)ccc1C. The van der Waals surface area contributed by atoms with E-state index in [9.17, 15) is 0 Å². The predicted octanol–water partition coefficient (Wildman–Crippen LogP) is 4.04. The van der Waals surface area contributed by atoms with Crippen LogP contribution in [-0.2, 0) is 6.42 Å². The molecular weight excluding hydrogens is 290 g/mol. The second-order valence-corrected chi connectivity index (χ2v) is 5.06. The number of benzene rings is 1. The van der Waals surface area contributed by atoms with E-state index >= 15 is 0 Å². The van der Waals surface area contributed by atoms with Gasteiger partial charge < -0.3 is 11.1 Å². The van der Waals surface area contributed by atoms with Crippen LogP contribution < -0.4 is 11.1 Å². The molecule has 0 atom stereocenters. The van der Waals surface area contributed by atoms with Gasteiger partial charge in [-0.05, 0) is 52.5 Å². The van der Waals surface area contributed by atoms with Crippen LogP contribution in [0.25, 0.3) is 0 Å². The van der Waals surface area contributed by atoms with Crippen molar-refractivity contribution in [1.82, 2.24) is 4.98 Å². The van der Waals surface area contributed by atoms with E-state index in [0.717, 1.165) is 22.3 Å². The average molecular weight is 306 g/mol. The Kier molecular flexibility index (Phi) is 3.87. The number of nitrogen functional groups attached to an aromatic ring is 1. The molecule has 0 saturated carbocycles. The molecule has 0 bridgehead atoms. The first-order valence-electron chi connectivity index (χ1n) is 5.87. The normalized spacial score (nSPS) is 10.4. The number of nitrogens with one attached hydrogen (secondary N) is 1. The van der Waals surface area contributed by atoms with Crippen molar-refractivity contribution in [3.8, 4) is 0 Å². The molecule has 0 aliphatic heterocycles. The van der Waals surface area contributed by atoms with Gasteiger partial charge in [-0.1, -0.05) is 13.0 Å². The van der Waals surface area contributed by atoms with Crippen LogP contribution in [0.2, 0.25) is 0 Å². The van der Waals surface area contributed by atoms with Crippen LogP contribution in [0.15, 0.2) is 35.1 Å². The Morgan fingerprint density at radius 1 is 1.33 bits per heavy atom. The molecule has 3 nitrogen and oxygen atoms in total. The minimum absolute atomic E-state index is 0.628. The van der Waals surface area contributed by atoms with Gasteiger partial charge in [-0.2, -0.15) is 0 Å². The van der Waals surface area contributed by atoms with Crippen LogP contribution in [0.4, 0.5) is 17.1 Å². The van der Waals surface area contributed by atoms with Gasteiger partial charge in [0.1, 0.15) is 0 Å². The molecule has 0 aliphatic carbocycles. The lowest BCUT2D eigenvalue weighted by Crippen LogP contribution is -1.99. The summed E-state index contributed by atoms with van der Waals surface area (Å²) >= 11 is 3.45. The van der Waals surface area contributed by atoms with Crippen molar-refractivity contribution in [3.63, 3.8) is 0 Å². The van der Waals surface area contributed by atoms with Gasteiger partial charge in [-0.15, -0.1) is 0 Å². The molecule has 0 radical (unpaired) electrons. The maximum atomic E-state index is 5.91. The van der Waals surface area contributed by atoms with Gasteiger partial charge in [0.25, 0.3) is 0 Å². The molecule has 1 heterocycles. The predicted molar refractivity (Wildman–Crippen MR) is 80.2 cm³/mol. The fourth-order valence-electron chi connectivity index (χ4n) is 1.86. The number of hydrogen-bond donors (Lipinski definition) is 2. The molecular formula is C14H16BrN3. The Labute approximate surface area is 116 Å². The molecule has 0 fully saturated rings. The smallest absolute Gasteiger partial charge is 0.0794 e. The highest BCUT2D eigenvalue weighted by Gasteiger charge is 2.06. The highest BCUT2D eigenvalue weighted by Crippen LogP contribution is 2.30. The van der Waals surface area contributed by atoms with Crippen LogP contribution in [0.3, 0.4) is 0 Å². The molecule has 3 N–H and O–H groups in total. The lowest BCUT2D eigenvalue weighted by Gasteiger charge is -2.12. The maximum Gasteiger partial charge on any atom is 0.0794 e. The lowest BCUT2D eigenvalue weighted by atomic mass is 10.1. The molecule has 0 aliphatic rings. The quantitative estimate of drug-likeness (QED) is 0.899. The van der Waals surface area contributed by atoms with Crippen LogP contribution >= 0.6 is 15.9 Å². The third-order valence-electron chi connectivity index (χ3n) is 2.93. The van der Waals surface area contributed by atoms with Gasteiger partial charge in [0.2, 0.25) is 0 Å². The summed E-state index contributed by atoms with van der Waals surface area (Å²) < 4.78 is 0.862. The molecule has 2 rings (SSSR count). The second kappa shape index (κ2) is 5.40. The topological polar surface area (TPSA) is 50.9 Å². The fraction of sp³-hybridized carbons (Fsp3) is 0.214. The van der Waals surface area contributed by atoms with E-state index in [1.807, 2.05) is 0 Å². The number of anilines is 3. The van der Waals surface area contributed by atoms with Gasteiger partial charge in [0, 0.05) is 11.9 Å². The van der Waals surface area contributed by atoms with E-state index in [1.165, 1.54) is 11.1 Å². The summed E-state index contributed by atoms with van der Waals surface area (Å²) in [5, 5.41) is 3.33. The molecule has 94 valence electrons. The largest absolute Gasteiger partial charge is 0.396 e. The summed E-state index contributed by atoms with van der Waals surface area (Å²) in [6.45, 7) is 4.28. The van der Waals surface area contributed by atoms with Crippen molar-refractivity contribution in [2.45, 2.75) is 20.3 Å². The minimum atomic E-state index is 0.628.